The molecule has 1 aromatic carbocycles. The average Bonchev–Trinajstić information content (AvgIpc) is 2.99. The Balaban J connectivity index is 1.69. The number of aliphatic carboxylic acids is 1. The van der Waals surface area contributed by atoms with E-state index in [1.54, 1.807) is 17.0 Å². The topological polar surface area (TPSA) is 60.9 Å². The molecule has 0 radical (unpaired) electrons. The molecule has 6 heteroatoms. The van der Waals surface area contributed by atoms with E-state index in [4.69, 9.17) is 0 Å². The third-order valence-electron chi connectivity index (χ3n) is 5.44. The number of rotatable bonds is 4. The Labute approximate surface area is 147 Å². The van der Waals surface area contributed by atoms with Crippen LogP contribution in [0.1, 0.15) is 31.7 Å². The predicted octanol–water partition coefficient (Wildman–Crippen LogP) is 2.36. The lowest BCUT2D eigenvalue weighted by Gasteiger charge is -2.36. The zero-order chi connectivity index (χ0) is 18.0. The minimum atomic E-state index is -0.824. The van der Waals surface area contributed by atoms with Gasteiger partial charge in [0.25, 0.3) is 0 Å². The molecule has 0 bridgehead atoms. The Bertz CT molecular complexity index is 634. The van der Waals surface area contributed by atoms with Crippen molar-refractivity contribution < 1.29 is 19.1 Å². The van der Waals surface area contributed by atoms with Crippen LogP contribution in [0.15, 0.2) is 24.3 Å². The number of benzene rings is 1. The van der Waals surface area contributed by atoms with Gasteiger partial charge in [-0.2, -0.15) is 0 Å². The van der Waals surface area contributed by atoms with Crippen molar-refractivity contribution in [1.82, 2.24) is 9.80 Å². The highest BCUT2D eigenvalue weighted by Gasteiger charge is 2.40. The summed E-state index contributed by atoms with van der Waals surface area (Å²) < 4.78 is 13.1. The summed E-state index contributed by atoms with van der Waals surface area (Å²) in [6.07, 6.45) is 2.84. The molecule has 1 unspecified atom stereocenters. The van der Waals surface area contributed by atoms with Crippen LogP contribution in [0.3, 0.4) is 0 Å². The molecule has 1 aromatic rings. The maximum Gasteiger partial charge on any atom is 0.308 e. The Morgan fingerprint density at radius 2 is 1.92 bits per heavy atom. The Morgan fingerprint density at radius 3 is 2.56 bits per heavy atom. The van der Waals surface area contributed by atoms with E-state index >= 15 is 0 Å². The summed E-state index contributed by atoms with van der Waals surface area (Å²) in [5.74, 6) is -1.54. The second kappa shape index (κ2) is 7.52. The number of hydrogen-bond donors (Lipinski definition) is 1. The molecule has 0 aromatic heterocycles. The smallest absolute Gasteiger partial charge is 0.308 e. The van der Waals surface area contributed by atoms with Gasteiger partial charge in [-0.1, -0.05) is 25.5 Å². The van der Waals surface area contributed by atoms with E-state index in [-0.39, 0.29) is 23.7 Å². The van der Waals surface area contributed by atoms with E-state index in [0.29, 0.717) is 19.6 Å². The molecule has 2 fully saturated rings. The Morgan fingerprint density at radius 1 is 1.20 bits per heavy atom. The molecule has 2 saturated heterocycles. The number of halogens is 1. The van der Waals surface area contributed by atoms with Gasteiger partial charge >= 0.3 is 5.97 Å². The van der Waals surface area contributed by atoms with Crippen molar-refractivity contribution in [3.8, 4) is 0 Å². The van der Waals surface area contributed by atoms with E-state index in [0.717, 1.165) is 31.4 Å². The third-order valence-corrected chi connectivity index (χ3v) is 5.44. The van der Waals surface area contributed by atoms with Gasteiger partial charge in [-0.25, -0.2) is 4.39 Å². The van der Waals surface area contributed by atoms with E-state index < -0.39 is 11.9 Å². The highest BCUT2D eigenvalue weighted by atomic mass is 19.1. The van der Waals surface area contributed by atoms with E-state index in [1.807, 2.05) is 6.92 Å². The second-order valence-electron chi connectivity index (χ2n) is 7.27. The molecule has 1 amide bonds. The van der Waals surface area contributed by atoms with Gasteiger partial charge in [0.05, 0.1) is 12.0 Å². The molecule has 0 aliphatic carbocycles. The molecule has 2 aliphatic heterocycles. The molecule has 2 aliphatic rings. The summed E-state index contributed by atoms with van der Waals surface area (Å²) in [5, 5.41) is 9.28. The molecule has 2 heterocycles. The molecule has 0 saturated carbocycles. The van der Waals surface area contributed by atoms with Gasteiger partial charge in [0.1, 0.15) is 5.82 Å². The summed E-state index contributed by atoms with van der Waals surface area (Å²) in [6, 6.07) is 6.18. The van der Waals surface area contributed by atoms with Crippen LogP contribution in [0.2, 0.25) is 0 Å². The van der Waals surface area contributed by atoms with Gasteiger partial charge in [0, 0.05) is 19.6 Å². The molecule has 3 atom stereocenters. The summed E-state index contributed by atoms with van der Waals surface area (Å²) in [4.78, 5) is 28.2. The van der Waals surface area contributed by atoms with Crippen LogP contribution in [0.25, 0.3) is 0 Å². The lowest BCUT2D eigenvalue weighted by Crippen LogP contribution is -2.50. The van der Waals surface area contributed by atoms with Crippen molar-refractivity contribution in [3.63, 3.8) is 0 Å². The largest absolute Gasteiger partial charge is 0.481 e. The quantitative estimate of drug-likeness (QED) is 0.907. The first-order valence-corrected chi connectivity index (χ1v) is 8.96. The minimum absolute atomic E-state index is 0.0180. The fraction of sp³-hybridized carbons (Fsp3) is 0.579. The zero-order valence-corrected chi connectivity index (χ0v) is 14.5. The summed E-state index contributed by atoms with van der Waals surface area (Å²) >= 11 is 0. The van der Waals surface area contributed by atoms with Gasteiger partial charge in [-0.05, 0) is 43.0 Å². The van der Waals surface area contributed by atoms with E-state index in [9.17, 15) is 19.1 Å². The molecule has 136 valence electrons. The fourth-order valence-corrected chi connectivity index (χ4v) is 3.96. The first-order chi connectivity index (χ1) is 12.0. The molecule has 3 rings (SSSR count). The Hall–Kier alpha value is -1.95. The van der Waals surface area contributed by atoms with Crippen molar-refractivity contribution in [2.45, 2.75) is 38.8 Å². The SMILES string of the molecule is C[C@@H]1CN(C(=O)C2CCCCN2Cc2ccc(F)cc2)C[C@H]1C(=O)O. The monoisotopic (exact) mass is 348 g/mol. The number of carboxylic acids is 1. The maximum atomic E-state index is 13.1. The van der Waals surface area contributed by atoms with E-state index in [1.165, 1.54) is 12.1 Å². The average molecular weight is 348 g/mol. The number of hydrogen-bond acceptors (Lipinski definition) is 3. The molecular weight excluding hydrogens is 323 g/mol. The van der Waals surface area contributed by atoms with Crippen molar-refractivity contribution in [3.05, 3.63) is 35.6 Å². The minimum Gasteiger partial charge on any atom is -0.481 e. The lowest BCUT2D eigenvalue weighted by molar-refractivity contribution is -0.142. The molecule has 0 spiro atoms. The first kappa shape index (κ1) is 17.9. The van der Waals surface area contributed by atoms with Gasteiger partial charge in [0.2, 0.25) is 5.91 Å². The predicted molar refractivity (Wildman–Crippen MR) is 91.3 cm³/mol. The van der Waals surface area contributed by atoms with Gasteiger partial charge in [-0.3, -0.25) is 14.5 Å². The van der Waals surface area contributed by atoms with Crippen LogP contribution in [0.5, 0.6) is 0 Å². The number of carbonyl (C=O) groups excluding carboxylic acids is 1. The Kier molecular flexibility index (Phi) is 5.37. The van der Waals surface area contributed by atoms with Crippen LogP contribution in [0, 0.1) is 17.7 Å². The van der Waals surface area contributed by atoms with Gasteiger partial charge in [-0.15, -0.1) is 0 Å². The summed E-state index contributed by atoms with van der Waals surface area (Å²) in [6.45, 7) is 4.15. The lowest BCUT2D eigenvalue weighted by atomic mass is 9.99. The van der Waals surface area contributed by atoms with Crippen molar-refractivity contribution in [1.29, 1.82) is 0 Å². The van der Waals surface area contributed by atoms with Gasteiger partial charge in [0.15, 0.2) is 0 Å². The van der Waals surface area contributed by atoms with Gasteiger partial charge < -0.3 is 10.0 Å². The highest BCUT2D eigenvalue weighted by Crippen LogP contribution is 2.27. The highest BCUT2D eigenvalue weighted by molar-refractivity contribution is 5.83. The second-order valence-corrected chi connectivity index (χ2v) is 7.27. The standard InChI is InChI=1S/C19H25FN2O3/c1-13-10-22(12-16(13)19(24)25)18(23)17-4-2-3-9-21(17)11-14-5-7-15(20)8-6-14/h5-8,13,16-17H,2-4,9-12H2,1H3,(H,24,25)/t13-,16-,17?/m1/s1. The molecule has 5 nitrogen and oxygen atoms in total. The summed E-state index contributed by atoms with van der Waals surface area (Å²) in [7, 11) is 0. The molecule has 1 N–H and O–H groups in total. The van der Waals surface area contributed by atoms with Crippen LogP contribution >= 0.6 is 0 Å². The number of carboxylic acid groups (broad SMARTS) is 1. The van der Waals surface area contributed by atoms with Crippen molar-refractivity contribution >= 4 is 11.9 Å². The number of likely N-dealkylation sites (tertiary alicyclic amines) is 2. The van der Waals surface area contributed by atoms with Crippen LogP contribution in [-0.2, 0) is 16.1 Å². The van der Waals surface area contributed by atoms with Crippen LogP contribution in [-0.4, -0.2) is 52.5 Å². The zero-order valence-electron chi connectivity index (χ0n) is 14.5. The molecular formula is C19H25FN2O3. The van der Waals surface area contributed by atoms with Crippen molar-refractivity contribution in [2.24, 2.45) is 11.8 Å². The number of carbonyl (C=O) groups is 2. The number of nitrogens with zero attached hydrogens (tertiary/aromatic N) is 2. The number of amides is 1. The maximum absolute atomic E-state index is 13.1. The van der Waals surface area contributed by atoms with Crippen molar-refractivity contribution in [2.75, 3.05) is 19.6 Å². The molecule has 25 heavy (non-hydrogen) atoms. The van der Waals surface area contributed by atoms with Crippen LogP contribution < -0.4 is 0 Å². The normalized spacial score (nSPS) is 27.4. The van der Waals surface area contributed by atoms with E-state index in [2.05, 4.69) is 4.90 Å². The third kappa shape index (κ3) is 4.00. The van der Waals surface area contributed by atoms with Crippen LogP contribution in [0.4, 0.5) is 4.39 Å². The summed E-state index contributed by atoms with van der Waals surface area (Å²) in [5.41, 5.74) is 0.985. The first-order valence-electron chi connectivity index (χ1n) is 8.96. The number of piperidine rings is 1. The fourth-order valence-electron chi connectivity index (χ4n) is 3.96.